The number of anilines is 1. The predicted octanol–water partition coefficient (Wildman–Crippen LogP) is 4.17. The Balaban J connectivity index is 2.35. The van der Waals surface area contributed by atoms with Gasteiger partial charge in [-0.3, -0.25) is 4.57 Å². The van der Waals surface area contributed by atoms with Crippen LogP contribution in [0.25, 0.3) is 16.7 Å². The number of nitrogens with two attached hydrogens (primary N) is 1. The average molecular weight is 384 g/mol. The highest BCUT2D eigenvalue weighted by atomic mass is 127. The Morgan fingerprint density at radius 1 is 1.21 bits per heavy atom. The highest BCUT2D eigenvalue weighted by Gasteiger charge is 2.12. The molecule has 0 amide bonds. The van der Waals surface area contributed by atoms with Crippen LogP contribution in [0.2, 0.25) is 5.02 Å². The van der Waals surface area contributed by atoms with E-state index in [1.807, 2.05) is 34.9 Å². The third kappa shape index (κ3) is 2.19. The molecule has 0 saturated carbocycles. The van der Waals surface area contributed by atoms with Crippen molar-refractivity contribution >= 4 is 51.2 Å². The van der Waals surface area contributed by atoms with E-state index in [-0.39, 0.29) is 0 Å². The van der Waals surface area contributed by atoms with Crippen molar-refractivity contribution in [3.05, 3.63) is 50.6 Å². The minimum absolute atomic E-state index is 0.487. The van der Waals surface area contributed by atoms with Gasteiger partial charge < -0.3 is 5.73 Å². The van der Waals surface area contributed by atoms with Crippen LogP contribution in [0.15, 0.2) is 36.4 Å². The first-order valence-corrected chi connectivity index (χ1v) is 7.22. The van der Waals surface area contributed by atoms with Gasteiger partial charge in [0, 0.05) is 8.59 Å². The Labute approximate surface area is 129 Å². The SMILES string of the molecule is Cc1ccc2nc(N)n(-c3ccc(Cl)cc3I)c2c1. The first kappa shape index (κ1) is 12.7. The van der Waals surface area contributed by atoms with Crippen molar-refractivity contribution in [3.8, 4) is 5.69 Å². The van der Waals surface area contributed by atoms with Gasteiger partial charge in [0.05, 0.1) is 16.7 Å². The standard InChI is InChI=1S/C14H11ClIN3/c1-8-2-4-11-13(6-8)19(14(17)18-11)12-5-3-9(15)7-10(12)16/h2-7H,1H3,(H2,17,18). The van der Waals surface area contributed by atoms with E-state index >= 15 is 0 Å². The predicted molar refractivity (Wildman–Crippen MR) is 87.9 cm³/mol. The van der Waals surface area contributed by atoms with Crippen molar-refractivity contribution in [2.75, 3.05) is 5.73 Å². The Morgan fingerprint density at radius 2 is 2.00 bits per heavy atom. The van der Waals surface area contributed by atoms with Gasteiger partial charge in [-0.15, -0.1) is 0 Å². The van der Waals surface area contributed by atoms with Crippen molar-refractivity contribution in [3.63, 3.8) is 0 Å². The van der Waals surface area contributed by atoms with Gasteiger partial charge in [-0.25, -0.2) is 4.98 Å². The van der Waals surface area contributed by atoms with E-state index in [0.717, 1.165) is 20.3 Å². The van der Waals surface area contributed by atoms with Crippen LogP contribution in [0.3, 0.4) is 0 Å². The van der Waals surface area contributed by atoms with Gasteiger partial charge in [0.2, 0.25) is 5.95 Å². The van der Waals surface area contributed by atoms with E-state index in [2.05, 4.69) is 40.6 Å². The number of imidazole rings is 1. The summed E-state index contributed by atoms with van der Waals surface area (Å²) in [6.07, 6.45) is 0. The van der Waals surface area contributed by atoms with Gasteiger partial charge in [-0.2, -0.15) is 0 Å². The maximum absolute atomic E-state index is 6.06. The molecule has 3 aromatic rings. The molecule has 0 unspecified atom stereocenters. The van der Waals surface area contributed by atoms with Crippen molar-refractivity contribution in [2.24, 2.45) is 0 Å². The third-order valence-electron chi connectivity index (χ3n) is 2.99. The molecule has 0 saturated heterocycles. The van der Waals surface area contributed by atoms with Crippen molar-refractivity contribution in [2.45, 2.75) is 6.92 Å². The molecule has 19 heavy (non-hydrogen) atoms. The number of aryl methyl sites for hydroxylation is 1. The molecule has 0 radical (unpaired) electrons. The molecule has 1 heterocycles. The maximum atomic E-state index is 6.06. The minimum Gasteiger partial charge on any atom is -0.369 e. The van der Waals surface area contributed by atoms with E-state index in [9.17, 15) is 0 Å². The first-order chi connectivity index (χ1) is 9.06. The quantitative estimate of drug-likeness (QED) is 0.641. The second kappa shape index (κ2) is 4.68. The van der Waals surface area contributed by atoms with Crippen LogP contribution in [0.1, 0.15) is 5.56 Å². The highest BCUT2D eigenvalue weighted by Crippen LogP contribution is 2.28. The summed E-state index contributed by atoms with van der Waals surface area (Å²) in [6.45, 7) is 2.06. The summed E-state index contributed by atoms with van der Waals surface area (Å²) in [5.41, 5.74) is 10.1. The number of halogens is 2. The van der Waals surface area contributed by atoms with Crippen LogP contribution < -0.4 is 5.73 Å². The largest absolute Gasteiger partial charge is 0.369 e. The number of hydrogen-bond acceptors (Lipinski definition) is 2. The zero-order valence-electron chi connectivity index (χ0n) is 10.2. The molecule has 96 valence electrons. The van der Waals surface area contributed by atoms with Gasteiger partial charge >= 0.3 is 0 Å². The smallest absolute Gasteiger partial charge is 0.205 e. The molecule has 0 aliphatic heterocycles. The fourth-order valence-corrected chi connectivity index (χ4v) is 3.23. The number of benzene rings is 2. The molecule has 0 aliphatic carbocycles. The molecule has 0 aliphatic rings. The molecule has 0 bridgehead atoms. The molecular formula is C14H11ClIN3. The van der Waals surface area contributed by atoms with Crippen molar-refractivity contribution < 1.29 is 0 Å². The third-order valence-corrected chi connectivity index (χ3v) is 4.09. The number of aromatic nitrogens is 2. The van der Waals surface area contributed by atoms with Gasteiger partial charge in [0.25, 0.3) is 0 Å². The highest BCUT2D eigenvalue weighted by molar-refractivity contribution is 14.1. The lowest BCUT2D eigenvalue weighted by atomic mass is 10.2. The first-order valence-electron chi connectivity index (χ1n) is 5.76. The summed E-state index contributed by atoms with van der Waals surface area (Å²) in [7, 11) is 0. The van der Waals surface area contributed by atoms with Crippen LogP contribution in [-0.4, -0.2) is 9.55 Å². The van der Waals surface area contributed by atoms with Crippen molar-refractivity contribution in [1.82, 2.24) is 9.55 Å². The summed E-state index contributed by atoms with van der Waals surface area (Å²) < 4.78 is 3.00. The molecule has 0 atom stereocenters. The van der Waals surface area contributed by atoms with Gasteiger partial charge in [-0.1, -0.05) is 17.7 Å². The van der Waals surface area contributed by atoms with E-state index in [4.69, 9.17) is 17.3 Å². The zero-order chi connectivity index (χ0) is 13.6. The van der Waals surface area contributed by atoms with E-state index in [0.29, 0.717) is 11.0 Å². The number of rotatable bonds is 1. The molecule has 5 heteroatoms. The van der Waals surface area contributed by atoms with Gasteiger partial charge in [-0.05, 0) is 65.4 Å². The van der Waals surface area contributed by atoms with Crippen LogP contribution in [-0.2, 0) is 0 Å². The molecule has 2 N–H and O–H groups in total. The topological polar surface area (TPSA) is 43.8 Å². The Morgan fingerprint density at radius 3 is 2.74 bits per heavy atom. The lowest BCUT2D eigenvalue weighted by Gasteiger charge is -2.09. The van der Waals surface area contributed by atoms with Crippen LogP contribution >= 0.6 is 34.2 Å². The molecule has 1 aromatic heterocycles. The summed E-state index contributed by atoms with van der Waals surface area (Å²) >= 11 is 8.26. The molecule has 3 rings (SSSR count). The number of hydrogen-bond donors (Lipinski definition) is 1. The molecule has 2 aromatic carbocycles. The fraction of sp³-hybridized carbons (Fsp3) is 0.0714. The normalized spacial score (nSPS) is 11.1. The van der Waals surface area contributed by atoms with Crippen LogP contribution in [0, 0.1) is 10.5 Å². The summed E-state index contributed by atoms with van der Waals surface area (Å²) in [4.78, 5) is 4.40. The minimum atomic E-state index is 0.487. The average Bonchev–Trinajstić information content (AvgIpc) is 2.65. The lowest BCUT2D eigenvalue weighted by Crippen LogP contribution is -2.02. The second-order valence-corrected chi connectivity index (χ2v) is 5.99. The van der Waals surface area contributed by atoms with Crippen LogP contribution in [0.4, 0.5) is 5.95 Å². The monoisotopic (exact) mass is 383 g/mol. The maximum Gasteiger partial charge on any atom is 0.205 e. The van der Waals surface area contributed by atoms with Crippen molar-refractivity contribution in [1.29, 1.82) is 0 Å². The lowest BCUT2D eigenvalue weighted by molar-refractivity contribution is 1.10. The zero-order valence-corrected chi connectivity index (χ0v) is 13.1. The molecule has 3 nitrogen and oxygen atoms in total. The van der Waals surface area contributed by atoms with E-state index in [1.54, 1.807) is 0 Å². The Hall–Kier alpha value is -1.27. The van der Waals surface area contributed by atoms with Gasteiger partial charge in [0.1, 0.15) is 0 Å². The fourth-order valence-electron chi connectivity index (χ4n) is 2.12. The summed E-state index contributed by atoms with van der Waals surface area (Å²) in [5, 5.41) is 0.715. The molecular weight excluding hydrogens is 373 g/mol. The Kier molecular flexibility index (Phi) is 3.14. The van der Waals surface area contributed by atoms with E-state index < -0.39 is 0 Å². The second-order valence-electron chi connectivity index (χ2n) is 4.39. The molecule has 0 fully saturated rings. The number of nitrogen functional groups attached to an aromatic ring is 1. The summed E-state index contributed by atoms with van der Waals surface area (Å²) in [6, 6.07) is 11.8. The van der Waals surface area contributed by atoms with E-state index in [1.165, 1.54) is 5.56 Å². The summed E-state index contributed by atoms with van der Waals surface area (Å²) in [5.74, 6) is 0.487. The molecule has 0 spiro atoms. The van der Waals surface area contributed by atoms with Gasteiger partial charge in [0.15, 0.2) is 0 Å². The number of fused-ring (bicyclic) bond motifs is 1. The number of nitrogens with zero attached hydrogens (tertiary/aromatic N) is 2. The Bertz CT molecular complexity index is 780. The van der Waals surface area contributed by atoms with Crippen LogP contribution in [0.5, 0.6) is 0 Å².